The van der Waals surface area contributed by atoms with Crippen molar-refractivity contribution in [2.45, 2.75) is 20.1 Å². The second kappa shape index (κ2) is 11.1. The van der Waals surface area contributed by atoms with Gasteiger partial charge in [-0.25, -0.2) is 0 Å². The Balaban J connectivity index is 1.49. The SMILES string of the molecule is CCOc1cc(/C=C2\SC(=O)N(Cc3ccc(Cl)cc3)C2=O)ccc1OCc1ccc(Br)cc1. The molecule has 0 bridgehead atoms. The molecule has 0 saturated carbocycles. The van der Waals surface area contributed by atoms with Gasteiger partial charge in [0.2, 0.25) is 0 Å². The molecule has 0 radical (unpaired) electrons. The highest BCUT2D eigenvalue weighted by atomic mass is 79.9. The zero-order valence-corrected chi connectivity index (χ0v) is 21.5. The number of amides is 2. The minimum atomic E-state index is -0.321. The average Bonchev–Trinajstić information content (AvgIpc) is 3.08. The maximum absolute atomic E-state index is 12.9. The normalized spacial score (nSPS) is 14.7. The van der Waals surface area contributed by atoms with Gasteiger partial charge in [0, 0.05) is 9.50 Å². The van der Waals surface area contributed by atoms with Crippen LogP contribution in [0, 0.1) is 0 Å². The third-order valence-electron chi connectivity index (χ3n) is 5.00. The fraction of sp³-hybridized carbons (Fsp3) is 0.154. The topological polar surface area (TPSA) is 55.8 Å². The molecule has 1 saturated heterocycles. The molecular formula is C26H21BrClNO4S. The molecule has 0 N–H and O–H groups in total. The summed E-state index contributed by atoms with van der Waals surface area (Å²) in [6.45, 7) is 2.96. The quantitative estimate of drug-likeness (QED) is 0.271. The van der Waals surface area contributed by atoms with E-state index in [-0.39, 0.29) is 17.7 Å². The summed E-state index contributed by atoms with van der Waals surface area (Å²) in [6.07, 6.45) is 1.70. The van der Waals surface area contributed by atoms with Gasteiger partial charge < -0.3 is 9.47 Å². The molecular weight excluding hydrogens is 538 g/mol. The van der Waals surface area contributed by atoms with Gasteiger partial charge >= 0.3 is 0 Å². The van der Waals surface area contributed by atoms with E-state index in [1.54, 1.807) is 30.3 Å². The van der Waals surface area contributed by atoms with Crippen LogP contribution in [0.3, 0.4) is 0 Å². The zero-order valence-electron chi connectivity index (χ0n) is 18.3. The Bertz CT molecular complexity index is 1230. The van der Waals surface area contributed by atoms with Crippen LogP contribution >= 0.6 is 39.3 Å². The number of hydrogen-bond acceptors (Lipinski definition) is 5. The number of ether oxygens (including phenoxy) is 2. The smallest absolute Gasteiger partial charge is 0.293 e. The number of carbonyl (C=O) groups excluding carboxylic acids is 2. The standard InChI is InChI=1S/C26H21BrClNO4S/c1-2-32-23-13-19(7-12-22(23)33-16-18-3-8-20(27)9-4-18)14-24-25(30)29(26(31)34-24)15-17-5-10-21(28)11-6-17/h3-14H,2,15-16H2,1H3/b24-14-. The van der Waals surface area contributed by atoms with Gasteiger partial charge in [-0.05, 0) is 77.9 Å². The van der Waals surface area contributed by atoms with E-state index in [2.05, 4.69) is 15.9 Å². The van der Waals surface area contributed by atoms with Crippen LogP contribution in [0.15, 0.2) is 76.1 Å². The number of halogens is 2. The molecule has 1 aliphatic heterocycles. The average molecular weight is 559 g/mol. The first-order valence-corrected chi connectivity index (χ1v) is 12.6. The number of imide groups is 1. The molecule has 0 atom stereocenters. The molecule has 1 heterocycles. The molecule has 5 nitrogen and oxygen atoms in total. The van der Waals surface area contributed by atoms with Crippen LogP contribution < -0.4 is 9.47 Å². The van der Waals surface area contributed by atoms with Crippen LogP contribution in [0.1, 0.15) is 23.6 Å². The van der Waals surface area contributed by atoms with Crippen molar-refractivity contribution in [2.75, 3.05) is 6.61 Å². The number of benzene rings is 3. The second-order valence-electron chi connectivity index (χ2n) is 7.45. The first-order chi connectivity index (χ1) is 16.4. The van der Waals surface area contributed by atoms with Crippen molar-refractivity contribution in [2.24, 2.45) is 0 Å². The first kappa shape index (κ1) is 24.4. The van der Waals surface area contributed by atoms with Gasteiger partial charge in [0.1, 0.15) is 6.61 Å². The molecule has 2 amide bonds. The van der Waals surface area contributed by atoms with Gasteiger partial charge in [0.05, 0.1) is 18.1 Å². The summed E-state index contributed by atoms with van der Waals surface area (Å²) >= 11 is 10.3. The van der Waals surface area contributed by atoms with E-state index in [4.69, 9.17) is 21.1 Å². The summed E-state index contributed by atoms with van der Waals surface area (Å²) < 4.78 is 12.7. The van der Waals surface area contributed by atoms with Gasteiger partial charge in [0.15, 0.2) is 11.5 Å². The lowest BCUT2D eigenvalue weighted by atomic mass is 10.1. The van der Waals surface area contributed by atoms with Crippen molar-refractivity contribution >= 4 is 56.5 Å². The molecule has 3 aromatic rings. The van der Waals surface area contributed by atoms with Gasteiger partial charge in [-0.2, -0.15) is 0 Å². The highest BCUT2D eigenvalue weighted by molar-refractivity contribution is 9.10. The Labute approximate surface area is 215 Å². The van der Waals surface area contributed by atoms with Crippen LogP contribution in [-0.2, 0) is 17.9 Å². The molecule has 0 unspecified atom stereocenters. The highest BCUT2D eigenvalue weighted by Crippen LogP contribution is 2.35. The molecule has 4 rings (SSSR count). The van der Waals surface area contributed by atoms with Crippen molar-refractivity contribution in [1.82, 2.24) is 4.90 Å². The third kappa shape index (κ3) is 6.03. The van der Waals surface area contributed by atoms with Gasteiger partial charge in [-0.1, -0.05) is 57.9 Å². The lowest BCUT2D eigenvalue weighted by molar-refractivity contribution is -0.123. The highest BCUT2D eigenvalue weighted by Gasteiger charge is 2.35. The fourth-order valence-corrected chi connectivity index (χ4v) is 4.53. The lowest BCUT2D eigenvalue weighted by Crippen LogP contribution is -2.27. The van der Waals surface area contributed by atoms with Crippen molar-refractivity contribution in [3.8, 4) is 11.5 Å². The van der Waals surface area contributed by atoms with E-state index < -0.39 is 0 Å². The van der Waals surface area contributed by atoms with Crippen molar-refractivity contribution < 1.29 is 19.1 Å². The molecule has 8 heteroatoms. The summed E-state index contributed by atoms with van der Waals surface area (Å²) in [4.78, 5) is 27.0. The molecule has 3 aromatic carbocycles. The Hall–Kier alpha value is -2.74. The van der Waals surface area contributed by atoms with E-state index in [0.717, 1.165) is 32.9 Å². The van der Waals surface area contributed by atoms with Crippen molar-refractivity contribution in [1.29, 1.82) is 0 Å². The van der Waals surface area contributed by atoms with Gasteiger partial charge in [-0.3, -0.25) is 14.5 Å². The van der Waals surface area contributed by atoms with Gasteiger partial charge in [-0.15, -0.1) is 0 Å². The molecule has 0 spiro atoms. The van der Waals surface area contributed by atoms with E-state index in [1.165, 1.54) is 4.90 Å². The fourth-order valence-electron chi connectivity index (χ4n) is 3.30. The molecule has 34 heavy (non-hydrogen) atoms. The van der Waals surface area contributed by atoms with Crippen LogP contribution in [0.25, 0.3) is 6.08 Å². The number of rotatable bonds is 8. The number of nitrogens with zero attached hydrogens (tertiary/aromatic N) is 1. The minimum absolute atomic E-state index is 0.201. The Kier molecular flexibility index (Phi) is 7.98. The predicted octanol–water partition coefficient (Wildman–Crippen LogP) is 7.32. The molecule has 1 fully saturated rings. The summed E-state index contributed by atoms with van der Waals surface area (Å²) in [5.41, 5.74) is 2.61. The lowest BCUT2D eigenvalue weighted by Gasteiger charge is -2.13. The van der Waals surface area contributed by atoms with Crippen molar-refractivity contribution in [3.05, 3.63) is 97.8 Å². The molecule has 174 valence electrons. The maximum Gasteiger partial charge on any atom is 0.293 e. The predicted molar refractivity (Wildman–Crippen MR) is 139 cm³/mol. The molecule has 1 aliphatic rings. The number of thioether (sulfide) groups is 1. The second-order valence-corrected chi connectivity index (χ2v) is 9.79. The van der Waals surface area contributed by atoms with Crippen LogP contribution in [0.4, 0.5) is 4.79 Å². The largest absolute Gasteiger partial charge is 0.490 e. The maximum atomic E-state index is 12.9. The van der Waals surface area contributed by atoms with E-state index >= 15 is 0 Å². The number of carbonyl (C=O) groups is 2. The third-order valence-corrected chi connectivity index (χ3v) is 6.69. The van der Waals surface area contributed by atoms with Crippen LogP contribution in [-0.4, -0.2) is 22.7 Å². The Morgan fingerprint density at radius 2 is 1.65 bits per heavy atom. The summed E-state index contributed by atoms with van der Waals surface area (Å²) in [7, 11) is 0. The summed E-state index contributed by atoms with van der Waals surface area (Å²) in [5, 5.41) is 0.304. The van der Waals surface area contributed by atoms with E-state index in [9.17, 15) is 9.59 Å². The van der Waals surface area contributed by atoms with Crippen molar-refractivity contribution in [3.63, 3.8) is 0 Å². The monoisotopic (exact) mass is 557 g/mol. The van der Waals surface area contributed by atoms with Crippen LogP contribution in [0.5, 0.6) is 11.5 Å². The molecule has 0 aliphatic carbocycles. The summed E-state index contributed by atoms with van der Waals surface area (Å²) in [5.74, 6) is 0.866. The first-order valence-electron chi connectivity index (χ1n) is 10.6. The van der Waals surface area contributed by atoms with E-state index in [0.29, 0.717) is 34.6 Å². The Morgan fingerprint density at radius 1 is 0.941 bits per heavy atom. The minimum Gasteiger partial charge on any atom is -0.490 e. The number of hydrogen-bond donors (Lipinski definition) is 0. The molecule has 0 aromatic heterocycles. The van der Waals surface area contributed by atoms with Gasteiger partial charge in [0.25, 0.3) is 11.1 Å². The zero-order chi connectivity index (χ0) is 24.1. The summed E-state index contributed by atoms with van der Waals surface area (Å²) in [6, 6.07) is 20.4. The van der Waals surface area contributed by atoms with E-state index in [1.807, 2.05) is 49.4 Å². The Morgan fingerprint density at radius 3 is 2.35 bits per heavy atom. The van der Waals surface area contributed by atoms with Crippen LogP contribution in [0.2, 0.25) is 5.02 Å².